The van der Waals surface area contributed by atoms with Gasteiger partial charge in [-0.2, -0.15) is 4.98 Å². The van der Waals surface area contributed by atoms with Crippen LogP contribution in [0.15, 0.2) is 21.2 Å². The van der Waals surface area contributed by atoms with Gasteiger partial charge in [-0.25, -0.2) is 9.59 Å². The molecule has 1 atom stereocenters. The number of carbonyl (C=O) groups excluding carboxylic acids is 2. The number of ether oxygens (including phenoxy) is 1. The average Bonchev–Trinajstić information content (AvgIpc) is 3.12. The van der Waals surface area contributed by atoms with Gasteiger partial charge in [-0.15, -0.1) is 0 Å². The number of amides is 2. The Morgan fingerprint density at radius 3 is 2.23 bits per heavy atom. The van der Waals surface area contributed by atoms with E-state index in [-0.39, 0.29) is 23.6 Å². The first kappa shape index (κ1) is 27.7. The van der Waals surface area contributed by atoms with Crippen LogP contribution in [0.4, 0.5) is 10.7 Å². The van der Waals surface area contributed by atoms with E-state index in [2.05, 4.69) is 10.3 Å². The number of fused-ring (bicyclic) bond motifs is 1. The second-order valence-corrected chi connectivity index (χ2v) is 9.99. The summed E-state index contributed by atoms with van der Waals surface area (Å²) >= 11 is 0. The minimum absolute atomic E-state index is 0.0443. The second kappa shape index (κ2) is 10.4. The van der Waals surface area contributed by atoms with Crippen LogP contribution in [-0.2, 0) is 30.2 Å². The van der Waals surface area contributed by atoms with Gasteiger partial charge in [0.05, 0.1) is 0 Å². The summed E-state index contributed by atoms with van der Waals surface area (Å²) in [5.74, 6) is 0.0383. The maximum absolute atomic E-state index is 13.0. The van der Waals surface area contributed by atoms with Crippen molar-refractivity contribution in [1.82, 2.24) is 28.9 Å². The Hall–Kier alpha value is -3.57. The zero-order chi connectivity index (χ0) is 26.8. The van der Waals surface area contributed by atoms with Crippen molar-refractivity contribution in [3.8, 4) is 0 Å². The molecule has 12 heteroatoms. The molecular formula is C23H37N7O5. The third kappa shape index (κ3) is 6.31. The molecule has 2 aromatic rings. The average molecular weight is 492 g/mol. The number of alkyl carbamates (subject to hydrolysis) is 1. The van der Waals surface area contributed by atoms with Crippen LogP contribution in [0.5, 0.6) is 0 Å². The van der Waals surface area contributed by atoms with Crippen molar-refractivity contribution in [3.05, 3.63) is 32.5 Å². The van der Waals surface area contributed by atoms with Crippen molar-refractivity contribution >= 4 is 29.1 Å². The molecule has 0 aliphatic rings. The van der Waals surface area contributed by atoms with Gasteiger partial charge in [-0.05, 0) is 34.6 Å². The van der Waals surface area contributed by atoms with Gasteiger partial charge in [0.1, 0.15) is 11.6 Å². The summed E-state index contributed by atoms with van der Waals surface area (Å²) < 4.78 is 9.38. The van der Waals surface area contributed by atoms with Gasteiger partial charge in [-0.1, -0.05) is 11.6 Å². The fourth-order valence-corrected chi connectivity index (χ4v) is 3.48. The molecule has 2 aromatic heterocycles. The van der Waals surface area contributed by atoms with Gasteiger partial charge >= 0.3 is 11.8 Å². The van der Waals surface area contributed by atoms with Crippen molar-refractivity contribution in [2.24, 2.45) is 14.1 Å². The van der Waals surface area contributed by atoms with Crippen molar-refractivity contribution < 1.29 is 14.3 Å². The number of nitrogens with one attached hydrogen (secondary N) is 1. The van der Waals surface area contributed by atoms with Crippen molar-refractivity contribution in [2.45, 2.75) is 52.8 Å². The fourth-order valence-electron chi connectivity index (χ4n) is 3.48. The van der Waals surface area contributed by atoms with E-state index in [0.717, 1.165) is 10.1 Å². The quantitative estimate of drug-likeness (QED) is 0.569. The Kier molecular flexibility index (Phi) is 8.19. The number of carbonyl (C=O) groups is 2. The van der Waals surface area contributed by atoms with E-state index < -0.39 is 29.0 Å². The summed E-state index contributed by atoms with van der Waals surface area (Å²) in [4.78, 5) is 58.4. The maximum atomic E-state index is 13.0. The Bertz CT molecular complexity index is 1260. The molecule has 35 heavy (non-hydrogen) atoms. The molecule has 2 rings (SSSR count). The van der Waals surface area contributed by atoms with Crippen LogP contribution in [0, 0.1) is 0 Å². The maximum Gasteiger partial charge on any atom is 0.408 e. The molecule has 0 bridgehead atoms. The van der Waals surface area contributed by atoms with Crippen LogP contribution in [-0.4, -0.2) is 74.9 Å². The van der Waals surface area contributed by atoms with Crippen molar-refractivity contribution in [3.63, 3.8) is 0 Å². The van der Waals surface area contributed by atoms with Gasteiger partial charge in [0.2, 0.25) is 11.9 Å². The topological polar surface area (TPSA) is 124 Å². The highest BCUT2D eigenvalue weighted by Crippen LogP contribution is 2.20. The second-order valence-electron chi connectivity index (χ2n) is 9.99. The number of imidazole rings is 1. The van der Waals surface area contributed by atoms with Gasteiger partial charge in [0.25, 0.3) is 5.56 Å². The number of rotatable bonds is 7. The summed E-state index contributed by atoms with van der Waals surface area (Å²) in [5, 5.41) is 2.64. The summed E-state index contributed by atoms with van der Waals surface area (Å²) in [5.41, 5.74) is -0.150. The molecule has 1 N–H and O–H groups in total. The predicted octanol–water partition coefficient (Wildman–Crippen LogP) is 0.818. The van der Waals surface area contributed by atoms with E-state index in [1.165, 1.54) is 16.5 Å². The zero-order valence-corrected chi connectivity index (χ0v) is 22.3. The largest absolute Gasteiger partial charge is 0.444 e. The van der Waals surface area contributed by atoms with Gasteiger partial charge in [0.15, 0.2) is 11.2 Å². The smallest absolute Gasteiger partial charge is 0.408 e. The van der Waals surface area contributed by atoms with E-state index in [4.69, 9.17) is 4.74 Å². The number of likely N-dealkylation sites (N-methyl/N-ethyl adjacent to an activating group) is 2. The van der Waals surface area contributed by atoms with E-state index in [0.29, 0.717) is 12.5 Å². The highest BCUT2D eigenvalue weighted by Gasteiger charge is 2.29. The molecule has 0 aliphatic heterocycles. The minimum Gasteiger partial charge on any atom is -0.444 e. The number of aromatic nitrogens is 4. The first-order chi connectivity index (χ1) is 16.0. The molecule has 1 unspecified atom stereocenters. The van der Waals surface area contributed by atoms with Gasteiger partial charge < -0.3 is 24.4 Å². The number of hydrogen-bond acceptors (Lipinski definition) is 7. The lowest BCUT2D eigenvalue weighted by Gasteiger charge is -2.28. The summed E-state index contributed by atoms with van der Waals surface area (Å²) in [7, 11) is 7.86. The fraction of sp³-hybridized carbons (Fsp3) is 0.609. The lowest BCUT2D eigenvalue weighted by atomic mass is 10.2. The third-order valence-electron chi connectivity index (χ3n) is 5.24. The van der Waals surface area contributed by atoms with Crippen LogP contribution < -0.4 is 21.5 Å². The van der Waals surface area contributed by atoms with Crippen molar-refractivity contribution in [2.75, 3.05) is 32.6 Å². The van der Waals surface area contributed by atoms with E-state index in [9.17, 15) is 19.2 Å². The monoisotopic (exact) mass is 491 g/mol. The van der Waals surface area contributed by atoms with E-state index >= 15 is 0 Å². The van der Waals surface area contributed by atoms with Gasteiger partial charge in [0, 0.05) is 48.3 Å². The Labute approximate surface area is 204 Å². The van der Waals surface area contributed by atoms with Crippen LogP contribution >= 0.6 is 0 Å². The van der Waals surface area contributed by atoms with Crippen LogP contribution in [0.2, 0.25) is 0 Å². The lowest BCUT2D eigenvalue weighted by molar-refractivity contribution is -0.130. The van der Waals surface area contributed by atoms with E-state index in [1.54, 1.807) is 58.4 Å². The first-order valence-corrected chi connectivity index (χ1v) is 11.3. The predicted molar refractivity (Wildman–Crippen MR) is 135 cm³/mol. The number of nitrogens with zero attached hydrogens (tertiary/aromatic N) is 6. The number of hydrogen-bond donors (Lipinski definition) is 1. The zero-order valence-electron chi connectivity index (χ0n) is 22.3. The van der Waals surface area contributed by atoms with Crippen LogP contribution in [0.3, 0.4) is 0 Å². The Balaban J connectivity index is 2.58. The molecule has 2 amide bonds. The SMILES string of the molecule is CC(C)=CCn1c(N(C)CC(NC(=O)OC(C)(C)C)C(=O)N(C)C)nc2c1c(=O)n(C)c(=O)n2C. The van der Waals surface area contributed by atoms with E-state index in [1.807, 2.05) is 19.9 Å². The number of aryl methyl sites for hydroxylation is 1. The Morgan fingerprint density at radius 2 is 1.71 bits per heavy atom. The molecule has 0 fully saturated rings. The summed E-state index contributed by atoms with van der Waals surface area (Å²) in [6.45, 7) is 9.45. The highest BCUT2D eigenvalue weighted by atomic mass is 16.6. The first-order valence-electron chi connectivity index (χ1n) is 11.3. The molecule has 0 saturated carbocycles. The molecule has 0 radical (unpaired) electrons. The standard InChI is InChI=1S/C23H37N7O5/c1-14(2)11-12-30-16-17(28(9)22(34)29(10)19(16)32)25-20(30)27(8)13-15(18(31)26(6)7)24-21(33)35-23(3,4)5/h11,15H,12-13H2,1-10H3,(H,24,33). The number of anilines is 1. The minimum atomic E-state index is -0.951. The number of allylic oxidation sites excluding steroid dienone is 2. The molecule has 0 aliphatic carbocycles. The molecule has 2 heterocycles. The van der Waals surface area contributed by atoms with Crippen LogP contribution in [0.1, 0.15) is 34.6 Å². The van der Waals surface area contributed by atoms with Crippen molar-refractivity contribution in [1.29, 1.82) is 0 Å². The molecule has 0 saturated heterocycles. The molecule has 12 nitrogen and oxygen atoms in total. The lowest BCUT2D eigenvalue weighted by Crippen LogP contribution is -2.53. The summed E-state index contributed by atoms with van der Waals surface area (Å²) in [6.07, 6.45) is 1.21. The molecule has 0 spiro atoms. The van der Waals surface area contributed by atoms with Crippen LogP contribution in [0.25, 0.3) is 11.2 Å². The Morgan fingerprint density at radius 1 is 1.11 bits per heavy atom. The van der Waals surface area contributed by atoms with Gasteiger partial charge in [-0.3, -0.25) is 18.7 Å². The highest BCUT2D eigenvalue weighted by molar-refractivity contribution is 5.86. The third-order valence-corrected chi connectivity index (χ3v) is 5.24. The molecular weight excluding hydrogens is 454 g/mol. The summed E-state index contributed by atoms with van der Waals surface area (Å²) in [6, 6.07) is -0.951. The molecule has 194 valence electrons. The normalized spacial score (nSPS) is 12.3. The molecule has 0 aromatic carbocycles.